The Balaban J connectivity index is 2.10. The second kappa shape index (κ2) is 5.88. The van der Waals surface area contributed by atoms with Gasteiger partial charge in [-0.15, -0.1) is 0 Å². The van der Waals surface area contributed by atoms with E-state index in [1.807, 2.05) is 0 Å². The second-order valence-electron chi connectivity index (χ2n) is 6.37. The van der Waals surface area contributed by atoms with Gasteiger partial charge in [-0.25, -0.2) is 0 Å². The van der Waals surface area contributed by atoms with E-state index in [4.69, 9.17) is 5.73 Å². The third-order valence-electron chi connectivity index (χ3n) is 4.48. The summed E-state index contributed by atoms with van der Waals surface area (Å²) in [6, 6.07) is 6.95. The predicted molar refractivity (Wildman–Crippen MR) is 78.7 cm³/mol. The average Bonchev–Trinajstić information content (AvgIpc) is 2.27. The molecule has 3 unspecified atom stereocenters. The lowest BCUT2D eigenvalue weighted by Crippen LogP contribution is -2.31. The molecule has 0 spiro atoms. The average molecular weight is 245 g/mol. The first-order valence-electron chi connectivity index (χ1n) is 7.35. The van der Waals surface area contributed by atoms with E-state index in [1.54, 1.807) is 0 Å². The van der Waals surface area contributed by atoms with Crippen molar-refractivity contribution in [2.75, 3.05) is 6.54 Å². The van der Waals surface area contributed by atoms with Gasteiger partial charge in [0, 0.05) is 0 Å². The SMILES string of the molecule is Cc1cc(C)cc(CC2CC(C)CCC2CN)c1. The lowest BCUT2D eigenvalue weighted by Gasteiger charge is -2.34. The van der Waals surface area contributed by atoms with E-state index in [9.17, 15) is 0 Å². The van der Waals surface area contributed by atoms with E-state index in [0.717, 1.165) is 24.3 Å². The van der Waals surface area contributed by atoms with Crippen molar-refractivity contribution >= 4 is 0 Å². The van der Waals surface area contributed by atoms with Crippen LogP contribution < -0.4 is 5.73 Å². The molecule has 0 saturated heterocycles. The maximum Gasteiger partial charge on any atom is -0.00461 e. The van der Waals surface area contributed by atoms with Crippen molar-refractivity contribution in [3.8, 4) is 0 Å². The molecular formula is C17H27N. The predicted octanol–water partition coefficient (Wildman–Crippen LogP) is 3.86. The van der Waals surface area contributed by atoms with Crippen LogP contribution in [0, 0.1) is 31.6 Å². The van der Waals surface area contributed by atoms with Crippen LogP contribution in [0.4, 0.5) is 0 Å². The summed E-state index contributed by atoms with van der Waals surface area (Å²) in [6.07, 6.45) is 5.27. The molecule has 3 atom stereocenters. The van der Waals surface area contributed by atoms with E-state index >= 15 is 0 Å². The fourth-order valence-electron chi connectivity index (χ4n) is 3.61. The van der Waals surface area contributed by atoms with E-state index < -0.39 is 0 Å². The Kier molecular flexibility index (Phi) is 4.45. The lowest BCUT2D eigenvalue weighted by atomic mass is 9.72. The zero-order valence-electron chi connectivity index (χ0n) is 12.1. The third-order valence-corrected chi connectivity index (χ3v) is 4.48. The highest BCUT2D eigenvalue weighted by atomic mass is 14.6. The molecule has 0 radical (unpaired) electrons. The van der Waals surface area contributed by atoms with Crippen LogP contribution in [0.3, 0.4) is 0 Å². The quantitative estimate of drug-likeness (QED) is 0.860. The molecule has 1 heteroatoms. The highest BCUT2D eigenvalue weighted by Gasteiger charge is 2.27. The summed E-state index contributed by atoms with van der Waals surface area (Å²) in [4.78, 5) is 0. The van der Waals surface area contributed by atoms with Gasteiger partial charge in [-0.2, -0.15) is 0 Å². The number of hydrogen-bond donors (Lipinski definition) is 1. The molecule has 2 rings (SSSR count). The van der Waals surface area contributed by atoms with Crippen molar-refractivity contribution in [1.29, 1.82) is 0 Å². The zero-order chi connectivity index (χ0) is 13.1. The van der Waals surface area contributed by atoms with Gasteiger partial charge in [0.1, 0.15) is 0 Å². The van der Waals surface area contributed by atoms with Crippen LogP contribution in [0.1, 0.15) is 42.9 Å². The molecule has 0 amide bonds. The zero-order valence-corrected chi connectivity index (χ0v) is 12.1. The van der Waals surface area contributed by atoms with Crippen LogP contribution in [0.15, 0.2) is 18.2 Å². The van der Waals surface area contributed by atoms with Gasteiger partial charge in [0.2, 0.25) is 0 Å². The topological polar surface area (TPSA) is 26.0 Å². The number of rotatable bonds is 3. The number of aryl methyl sites for hydroxylation is 2. The fraction of sp³-hybridized carbons (Fsp3) is 0.647. The maximum atomic E-state index is 5.95. The largest absolute Gasteiger partial charge is 0.330 e. The van der Waals surface area contributed by atoms with Crippen LogP contribution >= 0.6 is 0 Å². The summed E-state index contributed by atoms with van der Waals surface area (Å²) in [5, 5.41) is 0. The Morgan fingerprint density at radius 1 is 1.06 bits per heavy atom. The smallest absolute Gasteiger partial charge is 0.00461 e. The van der Waals surface area contributed by atoms with Crippen LogP contribution in [0.5, 0.6) is 0 Å². The molecule has 1 aromatic carbocycles. The Morgan fingerprint density at radius 2 is 1.72 bits per heavy atom. The lowest BCUT2D eigenvalue weighted by molar-refractivity contribution is 0.193. The van der Waals surface area contributed by atoms with Crippen LogP contribution in [0.25, 0.3) is 0 Å². The van der Waals surface area contributed by atoms with Crippen LogP contribution in [-0.4, -0.2) is 6.54 Å². The van der Waals surface area contributed by atoms with Gasteiger partial charge in [-0.05, 0) is 63.0 Å². The molecule has 1 nitrogen and oxygen atoms in total. The molecule has 1 aliphatic carbocycles. The first kappa shape index (κ1) is 13.6. The first-order valence-corrected chi connectivity index (χ1v) is 7.35. The van der Waals surface area contributed by atoms with Crippen molar-refractivity contribution in [1.82, 2.24) is 0 Å². The standard InChI is InChI=1S/C17H27N/c1-12-4-5-16(11-18)17(9-12)10-15-7-13(2)6-14(3)8-15/h6-8,12,16-17H,4-5,9-11,18H2,1-3H3. The summed E-state index contributed by atoms with van der Waals surface area (Å²) in [6.45, 7) is 7.64. The molecule has 18 heavy (non-hydrogen) atoms. The summed E-state index contributed by atoms with van der Waals surface area (Å²) < 4.78 is 0. The molecule has 1 aromatic rings. The molecule has 1 aliphatic rings. The minimum atomic E-state index is 0.738. The van der Waals surface area contributed by atoms with Crippen molar-refractivity contribution < 1.29 is 0 Å². The summed E-state index contributed by atoms with van der Waals surface area (Å²) in [5.41, 5.74) is 10.2. The Hall–Kier alpha value is -0.820. The van der Waals surface area contributed by atoms with Gasteiger partial charge < -0.3 is 5.73 Å². The summed E-state index contributed by atoms with van der Waals surface area (Å²) in [7, 11) is 0. The van der Waals surface area contributed by atoms with Gasteiger partial charge in [-0.1, -0.05) is 42.7 Å². The van der Waals surface area contributed by atoms with Crippen molar-refractivity contribution in [3.05, 3.63) is 34.9 Å². The van der Waals surface area contributed by atoms with Crippen molar-refractivity contribution in [2.45, 2.75) is 46.5 Å². The van der Waals surface area contributed by atoms with E-state index in [2.05, 4.69) is 39.0 Å². The summed E-state index contributed by atoms with van der Waals surface area (Å²) in [5.74, 6) is 2.41. The van der Waals surface area contributed by atoms with Crippen LogP contribution in [0.2, 0.25) is 0 Å². The molecular weight excluding hydrogens is 218 g/mol. The van der Waals surface area contributed by atoms with E-state index in [0.29, 0.717) is 0 Å². The summed E-state index contributed by atoms with van der Waals surface area (Å²) >= 11 is 0. The monoisotopic (exact) mass is 245 g/mol. The van der Waals surface area contributed by atoms with Gasteiger partial charge in [0.25, 0.3) is 0 Å². The highest BCUT2D eigenvalue weighted by molar-refractivity contribution is 5.28. The molecule has 1 saturated carbocycles. The number of hydrogen-bond acceptors (Lipinski definition) is 1. The molecule has 0 aliphatic heterocycles. The number of nitrogens with two attached hydrogens (primary N) is 1. The Labute approximate surface area is 112 Å². The molecule has 1 fully saturated rings. The molecule has 2 N–H and O–H groups in total. The fourth-order valence-corrected chi connectivity index (χ4v) is 3.61. The van der Waals surface area contributed by atoms with E-state index in [-0.39, 0.29) is 0 Å². The minimum absolute atomic E-state index is 0.738. The molecule has 100 valence electrons. The van der Waals surface area contributed by atoms with Crippen molar-refractivity contribution in [2.24, 2.45) is 23.5 Å². The van der Waals surface area contributed by atoms with Gasteiger partial charge in [0.05, 0.1) is 0 Å². The normalized spacial score (nSPS) is 28.3. The Morgan fingerprint density at radius 3 is 2.33 bits per heavy atom. The second-order valence-corrected chi connectivity index (χ2v) is 6.37. The third kappa shape index (κ3) is 3.35. The van der Waals surface area contributed by atoms with Crippen LogP contribution in [-0.2, 0) is 6.42 Å². The van der Waals surface area contributed by atoms with Gasteiger partial charge >= 0.3 is 0 Å². The first-order chi connectivity index (χ1) is 8.58. The maximum absolute atomic E-state index is 5.95. The Bertz CT molecular complexity index is 376. The van der Waals surface area contributed by atoms with E-state index in [1.165, 1.54) is 42.4 Å². The molecule has 0 aromatic heterocycles. The minimum Gasteiger partial charge on any atom is -0.330 e. The molecule has 0 heterocycles. The molecule has 0 bridgehead atoms. The van der Waals surface area contributed by atoms with Crippen molar-refractivity contribution in [3.63, 3.8) is 0 Å². The van der Waals surface area contributed by atoms with Gasteiger partial charge in [-0.3, -0.25) is 0 Å². The van der Waals surface area contributed by atoms with Gasteiger partial charge in [0.15, 0.2) is 0 Å². The number of benzene rings is 1. The highest BCUT2D eigenvalue weighted by Crippen LogP contribution is 2.35.